The fourth-order valence-electron chi connectivity index (χ4n) is 4.47. The minimum atomic E-state index is -5.04. The number of hydrogen-bond acceptors (Lipinski definition) is 6. The molecule has 2 rings (SSSR count). The van der Waals surface area contributed by atoms with Crippen LogP contribution in [0.25, 0.3) is 0 Å². The Morgan fingerprint density at radius 2 is 1.74 bits per heavy atom. The molecule has 38 heavy (non-hydrogen) atoms. The average Bonchev–Trinajstić information content (AvgIpc) is 3.24. The van der Waals surface area contributed by atoms with E-state index in [4.69, 9.17) is 18.9 Å². The van der Waals surface area contributed by atoms with Gasteiger partial charge in [0.15, 0.2) is 0 Å². The van der Waals surface area contributed by atoms with E-state index in [0.717, 1.165) is 12.7 Å². The summed E-state index contributed by atoms with van der Waals surface area (Å²) in [5.74, 6) is -1.60. The molecule has 1 aromatic carbocycles. The van der Waals surface area contributed by atoms with Gasteiger partial charge >= 0.3 is 18.1 Å². The zero-order valence-electron chi connectivity index (χ0n) is 22.8. The first-order chi connectivity index (χ1) is 17.9. The number of rotatable bonds is 12. The lowest BCUT2D eigenvalue weighted by Gasteiger charge is -2.33. The minimum absolute atomic E-state index is 0.0353. The summed E-state index contributed by atoms with van der Waals surface area (Å²) in [4.78, 5) is 24.7. The molecule has 0 saturated carbocycles. The summed E-state index contributed by atoms with van der Waals surface area (Å²) in [5.41, 5.74) is -3.35. The molecule has 0 fully saturated rings. The van der Waals surface area contributed by atoms with E-state index >= 15 is 0 Å². The van der Waals surface area contributed by atoms with E-state index in [1.807, 2.05) is 32.9 Å². The molecule has 1 aromatic rings. The van der Waals surface area contributed by atoms with E-state index < -0.39 is 35.4 Å². The Labute approximate surface area is 222 Å². The van der Waals surface area contributed by atoms with Gasteiger partial charge in [0.1, 0.15) is 17.5 Å². The van der Waals surface area contributed by atoms with Gasteiger partial charge in [-0.25, -0.2) is 9.59 Å². The smallest absolute Gasteiger partial charge is 0.432 e. The summed E-state index contributed by atoms with van der Waals surface area (Å²) in [6, 6.07) is 6.70. The van der Waals surface area contributed by atoms with Crippen molar-refractivity contribution in [2.75, 3.05) is 14.2 Å². The number of ether oxygens (including phenoxy) is 4. The van der Waals surface area contributed by atoms with Crippen LogP contribution in [-0.2, 0) is 34.1 Å². The maximum Gasteiger partial charge on any atom is 0.432 e. The third kappa shape index (κ3) is 6.87. The van der Waals surface area contributed by atoms with Crippen molar-refractivity contribution >= 4 is 11.9 Å². The lowest BCUT2D eigenvalue weighted by Crippen LogP contribution is -2.52. The molecule has 0 amide bonds. The van der Waals surface area contributed by atoms with Gasteiger partial charge in [0.2, 0.25) is 0 Å². The van der Waals surface area contributed by atoms with E-state index in [9.17, 15) is 22.8 Å². The highest BCUT2D eigenvalue weighted by atomic mass is 19.4. The van der Waals surface area contributed by atoms with Crippen LogP contribution < -0.4 is 0 Å². The molecule has 0 radical (unpaired) electrons. The molecule has 1 heterocycles. The molecular formula is C29H37F3O6. The second-order valence-electron chi connectivity index (χ2n) is 9.19. The van der Waals surface area contributed by atoms with Crippen LogP contribution in [0.15, 0.2) is 66.0 Å². The second-order valence-corrected chi connectivity index (χ2v) is 9.19. The molecule has 0 aliphatic carbocycles. The zero-order valence-corrected chi connectivity index (χ0v) is 22.8. The van der Waals surface area contributed by atoms with Crippen LogP contribution in [0.3, 0.4) is 0 Å². The molecule has 0 saturated heterocycles. The molecule has 0 spiro atoms. The minimum Gasteiger partial charge on any atom is -0.483 e. The molecule has 1 aliphatic heterocycles. The molecule has 9 heteroatoms. The molecule has 210 valence electrons. The summed E-state index contributed by atoms with van der Waals surface area (Å²) >= 11 is 0. The number of carbonyl (C=O) groups is 2. The molecule has 0 aromatic heterocycles. The number of methoxy groups -OCH3 is 2. The highest BCUT2D eigenvalue weighted by Gasteiger charge is 2.64. The standard InChI is InChI=1S/C29H37F3O6/c1-7-21(18-27(9-3)19-22(8-2)24(38-27)17-25(33)35-5)16-15-20(4)37-26(34)28(36-6,29(30,31)32)23-13-11-10-12-14-23/h10-17,19-21H,7-9,18H2,1-6H3/b16-15+,24-17-/t20-,21?,27?,28-/m0/s1. The fraction of sp³-hybridized carbons (Fsp3) is 0.517. The Morgan fingerprint density at radius 1 is 1.08 bits per heavy atom. The number of carbonyl (C=O) groups excluding carboxylic acids is 2. The third-order valence-electron chi connectivity index (χ3n) is 6.75. The third-order valence-corrected chi connectivity index (χ3v) is 6.75. The maximum absolute atomic E-state index is 14.1. The topological polar surface area (TPSA) is 71.1 Å². The molecule has 2 unspecified atom stereocenters. The number of benzene rings is 1. The van der Waals surface area contributed by atoms with Crippen molar-refractivity contribution in [3.8, 4) is 0 Å². The van der Waals surface area contributed by atoms with Crippen LogP contribution in [0.5, 0.6) is 0 Å². The van der Waals surface area contributed by atoms with Crippen molar-refractivity contribution in [3.63, 3.8) is 0 Å². The van der Waals surface area contributed by atoms with Crippen molar-refractivity contribution in [1.82, 2.24) is 0 Å². The summed E-state index contributed by atoms with van der Waals surface area (Å²) in [6.07, 6.45) is 3.35. The SMILES string of the molecule is CCC1=CC(CC)(CC(/C=C/[C@H](C)OC(=O)[C@@](OC)(c2ccccc2)C(F)(F)F)CC)O/C1=C\C(=O)OC. The first-order valence-electron chi connectivity index (χ1n) is 12.7. The molecule has 1 aliphatic rings. The van der Waals surface area contributed by atoms with E-state index in [1.165, 1.54) is 44.4 Å². The van der Waals surface area contributed by atoms with Crippen LogP contribution in [-0.4, -0.2) is 44.0 Å². The molecule has 4 atom stereocenters. The van der Waals surface area contributed by atoms with Gasteiger partial charge in [0, 0.05) is 12.7 Å². The Hall–Kier alpha value is -3.07. The number of allylic oxidation sites excluding steroid dienone is 2. The van der Waals surface area contributed by atoms with Gasteiger partial charge in [0.25, 0.3) is 5.60 Å². The van der Waals surface area contributed by atoms with Gasteiger partial charge in [-0.2, -0.15) is 13.2 Å². The number of hydrogen-bond donors (Lipinski definition) is 0. The maximum atomic E-state index is 14.1. The highest BCUT2D eigenvalue weighted by molar-refractivity contribution is 5.83. The highest BCUT2D eigenvalue weighted by Crippen LogP contribution is 2.43. The predicted octanol–water partition coefficient (Wildman–Crippen LogP) is 6.57. The zero-order chi connectivity index (χ0) is 28.6. The normalized spacial score (nSPS) is 21.9. The number of halogens is 3. The molecule has 0 bridgehead atoms. The summed E-state index contributed by atoms with van der Waals surface area (Å²) < 4.78 is 63.4. The first kappa shape index (κ1) is 31.1. The van der Waals surface area contributed by atoms with Crippen LogP contribution in [0.1, 0.15) is 58.9 Å². The van der Waals surface area contributed by atoms with Crippen molar-refractivity contribution in [2.45, 2.75) is 76.9 Å². The molecule has 6 nitrogen and oxygen atoms in total. The van der Waals surface area contributed by atoms with Crippen molar-refractivity contribution < 1.29 is 41.7 Å². The number of alkyl halides is 3. The van der Waals surface area contributed by atoms with E-state index in [2.05, 4.69) is 0 Å². The van der Waals surface area contributed by atoms with Gasteiger partial charge in [-0.1, -0.05) is 57.2 Å². The summed E-state index contributed by atoms with van der Waals surface area (Å²) in [6.45, 7) is 7.43. The lowest BCUT2D eigenvalue weighted by atomic mass is 9.86. The van der Waals surface area contributed by atoms with Gasteiger partial charge < -0.3 is 18.9 Å². The van der Waals surface area contributed by atoms with Gasteiger partial charge in [0.05, 0.1) is 13.2 Å². The Morgan fingerprint density at radius 3 is 2.24 bits per heavy atom. The van der Waals surface area contributed by atoms with Gasteiger partial charge in [-0.3, -0.25) is 0 Å². The first-order valence-corrected chi connectivity index (χ1v) is 12.7. The van der Waals surface area contributed by atoms with E-state index in [0.29, 0.717) is 31.4 Å². The van der Waals surface area contributed by atoms with E-state index in [1.54, 1.807) is 12.1 Å². The Kier molecular flexibility index (Phi) is 10.8. The molecular weight excluding hydrogens is 501 g/mol. The van der Waals surface area contributed by atoms with Crippen molar-refractivity contribution in [2.24, 2.45) is 5.92 Å². The predicted molar refractivity (Wildman–Crippen MR) is 137 cm³/mol. The Balaban J connectivity index is 2.21. The fourth-order valence-corrected chi connectivity index (χ4v) is 4.47. The van der Waals surface area contributed by atoms with Gasteiger partial charge in [-0.15, -0.1) is 0 Å². The van der Waals surface area contributed by atoms with Crippen LogP contribution >= 0.6 is 0 Å². The molecule has 0 N–H and O–H groups in total. The lowest BCUT2D eigenvalue weighted by molar-refractivity contribution is -0.277. The number of esters is 2. The van der Waals surface area contributed by atoms with E-state index in [-0.39, 0.29) is 11.5 Å². The monoisotopic (exact) mass is 538 g/mol. The Bertz CT molecular complexity index is 1050. The largest absolute Gasteiger partial charge is 0.483 e. The van der Waals surface area contributed by atoms with Crippen LogP contribution in [0.4, 0.5) is 13.2 Å². The summed E-state index contributed by atoms with van der Waals surface area (Å²) in [7, 11) is 2.13. The van der Waals surface area contributed by atoms with Crippen molar-refractivity contribution in [1.29, 1.82) is 0 Å². The second kappa shape index (κ2) is 13.1. The van der Waals surface area contributed by atoms with Gasteiger partial charge in [-0.05, 0) is 56.3 Å². The average molecular weight is 539 g/mol. The van der Waals surface area contributed by atoms with Crippen molar-refractivity contribution in [3.05, 3.63) is 71.5 Å². The quantitative estimate of drug-likeness (QED) is 0.170. The summed E-state index contributed by atoms with van der Waals surface area (Å²) in [5, 5.41) is 0. The van der Waals surface area contributed by atoms with Crippen LogP contribution in [0.2, 0.25) is 0 Å². The van der Waals surface area contributed by atoms with Crippen LogP contribution in [0, 0.1) is 5.92 Å².